The Hall–Kier alpha value is -0.390. The maximum atomic E-state index is 12.7. The van der Waals surface area contributed by atoms with E-state index in [1.165, 1.54) is 12.1 Å². The molecule has 0 atom stereocenters. The average Bonchev–Trinajstić information content (AvgIpc) is 2.43. The molecule has 0 spiro atoms. The van der Waals surface area contributed by atoms with Crippen LogP contribution >= 0.6 is 58.0 Å². The molecule has 1 heterocycles. The Morgan fingerprint density at radius 1 is 0.762 bits per heavy atom. The van der Waals surface area contributed by atoms with Gasteiger partial charge in [-0.25, -0.2) is 4.98 Å². The SMILES string of the molecule is FC(F)(F)c1cccc(-c2c(Cl)c(Cl)c(Cl)c(Cl)c2Cl)n1. The zero-order valence-electron chi connectivity index (χ0n) is 9.70. The summed E-state index contributed by atoms with van der Waals surface area (Å²) in [6.45, 7) is 0. The molecule has 2 aromatic rings. The highest BCUT2D eigenvalue weighted by molar-refractivity contribution is 6.56. The summed E-state index contributed by atoms with van der Waals surface area (Å²) in [7, 11) is 0. The van der Waals surface area contributed by atoms with Gasteiger partial charge in [0, 0.05) is 5.56 Å². The topological polar surface area (TPSA) is 12.9 Å². The second kappa shape index (κ2) is 6.01. The second-order valence-corrected chi connectivity index (χ2v) is 5.74. The van der Waals surface area contributed by atoms with E-state index >= 15 is 0 Å². The molecule has 0 aliphatic rings. The molecule has 0 radical (unpaired) electrons. The molecule has 21 heavy (non-hydrogen) atoms. The van der Waals surface area contributed by atoms with Crippen LogP contribution in [0, 0.1) is 0 Å². The van der Waals surface area contributed by atoms with Crippen molar-refractivity contribution in [2.75, 3.05) is 0 Å². The fourth-order valence-electron chi connectivity index (χ4n) is 1.56. The number of hydrogen-bond donors (Lipinski definition) is 0. The highest BCUT2D eigenvalue weighted by Crippen LogP contribution is 2.48. The van der Waals surface area contributed by atoms with Gasteiger partial charge in [-0.15, -0.1) is 0 Å². The number of aromatic nitrogens is 1. The van der Waals surface area contributed by atoms with Gasteiger partial charge < -0.3 is 0 Å². The van der Waals surface area contributed by atoms with Crippen molar-refractivity contribution in [3.63, 3.8) is 0 Å². The third-order valence-corrected chi connectivity index (χ3v) is 4.78. The van der Waals surface area contributed by atoms with Crippen LogP contribution < -0.4 is 0 Å². The van der Waals surface area contributed by atoms with Crippen LogP contribution in [0.1, 0.15) is 5.69 Å². The molecule has 1 aromatic heterocycles. The van der Waals surface area contributed by atoms with Gasteiger partial charge in [0.05, 0.1) is 30.8 Å². The Kier molecular flexibility index (Phi) is 4.86. The zero-order valence-corrected chi connectivity index (χ0v) is 13.5. The van der Waals surface area contributed by atoms with Crippen LogP contribution in [-0.2, 0) is 6.18 Å². The molecule has 0 aliphatic heterocycles. The van der Waals surface area contributed by atoms with E-state index in [2.05, 4.69) is 4.98 Å². The number of rotatable bonds is 1. The molecule has 112 valence electrons. The Balaban J connectivity index is 2.74. The number of benzene rings is 1. The Morgan fingerprint density at radius 2 is 1.24 bits per heavy atom. The summed E-state index contributed by atoms with van der Waals surface area (Å²) in [6, 6.07) is 3.31. The fraction of sp³-hybridized carbons (Fsp3) is 0.0833. The lowest BCUT2D eigenvalue weighted by Crippen LogP contribution is -2.08. The van der Waals surface area contributed by atoms with Crippen molar-refractivity contribution in [3.8, 4) is 11.3 Å². The predicted octanol–water partition coefficient (Wildman–Crippen LogP) is 7.03. The van der Waals surface area contributed by atoms with Crippen LogP contribution in [0.15, 0.2) is 18.2 Å². The average molecular weight is 395 g/mol. The third-order valence-electron chi connectivity index (χ3n) is 2.51. The van der Waals surface area contributed by atoms with E-state index in [1.54, 1.807) is 0 Å². The van der Waals surface area contributed by atoms with Crippen molar-refractivity contribution in [2.45, 2.75) is 6.18 Å². The number of nitrogens with zero attached hydrogens (tertiary/aromatic N) is 1. The number of pyridine rings is 1. The van der Waals surface area contributed by atoms with Gasteiger partial charge >= 0.3 is 6.18 Å². The van der Waals surface area contributed by atoms with Gasteiger partial charge in [-0.05, 0) is 12.1 Å². The first-order valence-electron chi connectivity index (χ1n) is 5.20. The maximum absolute atomic E-state index is 12.7. The van der Waals surface area contributed by atoms with Gasteiger partial charge in [0.2, 0.25) is 0 Å². The molecule has 0 N–H and O–H groups in total. The molecular weight excluding hydrogens is 392 g/mol. The largest absolute Gasteiger partial charge is 0.433 e. The standard InChI is InChI=1S/C12H3Cl5F3N/c13-7-6(8(14)10(16)11(17)9(7)15)4-2-1-3-5(21-4)12(18,19)20/h1-3H. The molecule has 1 aromatic carbocycles. The summed E-state index contributed by atoms with van der Waals surface area (Å²) in [5.74, 6) is 0. The van der Waals surface area contributed by atoms with Gasteiger partial charge in [-0.1, -0.05) is 64.1 Å². The third kappa shape index (κ3) is 3.20. The summed E-state index contributed by atoms with van der Waals surface area (Å²) in [4.78, 5) is 3.49. The quantitative estimate of drug-likeness (QED) is 0.373. The van der Waals surface area contributed by atoms with Crippen molar-refractivity contribution in [3.05, 3.63) is 49.0 Å². The summed E-state index contributed by atoms with van der Waals surface area (Å²) >= 11 is 29.6. The van der Waals surface area contributed by atoms with Crippen LogP contribution in [0.5, 0.6) is 0 Å². The molecule has 0 aliphatic carbocycles. The lowest BCUT2D eigenvalue weighted by atomic mass is 10.1. The minimum absolute atomic E-state index is 0.0103. The number of hydrogen-bond acceptors (Lipinski definition) is 1. The van der Waals surface area contributed by atoms with Crippen molar-refractivity contribution in [1.29, 1.82) is 0 Å². The van der Waals surface area contributed by atoms with Crippen molar-refractivity contribution < 1.29 is 13.2 Å². The van der Waals surface area contributed by atoms with Gasteiger partial charge in [-0.2, -0.15) is 13.2 Å². The minimum atomic E-state index is -4.60. The van der Waals surface area contributed by atoms with E-state index in [1.807, 2.05) is 0 Å². The van der Waals surface area contributed by atoms with E-state index in [0.29, 0.717) is 0 Å². The molecule has 0 bridgehead atoms. The normalized spacial score (nSPS) is 11.8. The summed E-state index contributed by atoms with van der Waals surface area (Å²) < 4.78 is 38.1. The highest BCUT2D eigenvalue weighted by atomic mass is 35.5. The van der Waals surface area contributed by atoms with Gasteiger partial charge in [0.1, 0.15) is 5.69 Å². The maximum Gasteiger partial charge on any atom is 0.433 e. The summed E-state index contributed by atoms with van der Waals surface area (Å²) in [6.07, 6.45) is -4.60. The molecule has 1 nitrogen and oxygen atoms in total. The molecular formula is C12H3Cl5F3N. The van der Waals surface area contributed by atoms with Crippen molar-refractivity contribution >= 4 is 58.0 Å². The smallest absolute Gasteiger partial charge is 0.243 e. The Bertz CT molecular complexity index is 686. The Morgan fingerprint density at radius 3 is 1.71 bits per heavy atom. The lowest BCUT2D eigenvalue weighted by molar-refractivity contribution is -0.141. The fourth-order valence-corrected chi connectivity index (χ4v) is 2.89. The van der Waals surface area contributed by atoms with Gasteiger partial charge in [0.15, 0.2) is 0 Å². The monoisotopic (exact) mass is 393 g/mol. The van der Waals surface area contributed by atoms with Crippen molar-refractivity contribution in [2.24, 2.45) is 0 Å². The molecule has 0 fully saturated rings. The lowest BCUT2D eigenvalue weighted by Gasteiger charge is -2.13. The first-order chi connectivity index (χ1) is 9.64. The van der Waals surface area contributed by atoms with E-state index in [9.17, 15) is 13.2 Å². The predicted molar refractivity (Wildman–Crippen MR) is 79.7 cm³/mol. The molecule has 0 saturated carbocycles. The summed E-state index contributed by atoms with van der Waals surface area (Å²) in [5, 5.41) is -0.543. The van der Waals surface area contributed by atoms with E-state index in [0.717, 1.165) is 6.07 Å². The number of halogens is 8. The molecule has 9 heteroatoms. The van der Waals surface area contributed by atoms with Crippen LogP contribution in [0.3, 0.4) is 0 Å². The highest BCUT2D eigenvalue weighted by Gasteiger charge is 2.33. The van der Waals surface area contributed by atoms with Crippen LogP contribution in [-0.4, -0.2) is 4.98 Å². The first kappa shape index (κ1) is 17.0. The van der Waals surface area contributed by atoms with E-state index in [4.69, 9.17) is 58.0 Å². The molecule has 0 unspecified atom stereocenters. The Labute approximate surface area is 142 Å². The van der Waals surface area contributed by atoms with Crippen molar-refractivity contribution in [1.82, 2.24) is 4.98 Å². The second-order valence-electron chi connectivity index (χ2n) is 3.85. The van der Waals surface area contributed by atoms with E-state index < -0.39 is 11.9 Å². The van der Waals surface area contributed by atoms with Crippen LogP contribution in [0.25, 0.3) is 11.3 Å². The number of alkyl halides is 3. The first-order valence-corrected chi connectivity index (χ1v) is 7.09. The summed E-state index contributed by atoms with van der Waals surface area (Å²) in [5.41, 5.74) is -1.21. The molecule has 0 saturated heterocycles. The minimum Gasteiger partial charge on any atom is -0.243 e. The molecule has 0 amide bonds. The molecule has 2 rings (SSSR count). The van der Waals surface area contributed by atoms with Gasteiger partial charge in [-0.3, -0.25) is 0 Å². The zero-order chi connectivity index (χ0) is 15.9. The van der Waals surface area contributed by atoms with Crippen LogP contribution in [0.4, 0.5) is 13.2 Å². The van der Waals surface area contributed by atoms with Gasteiger partial charge in [0.25, 0.3) is 0 Å². The van der Waals surface area contributed by atoms with E-state index in [-0.39, 0.29) is 36.4 Å². The van der Waals surface area contributed by atoms with Crippen LogP contribution in [0.2, 0.25) is 25.1 Å².